The van der Waals surface area contributed by atoms with Crippen molar-refractivity contribution >= 4 is 39.7 Å². The summed E-state index contributed by atoms with van der Waals surface area (Å²) < 4.78 is 5.92. The van der Waals surface area contributed by atoms with E-state index in [4.69, 9.17) is 4.42 Å². The number of ketones is 1. The average Bonchev–Trinajstić information content (AvgIpc) is 3.40. The third kappa shape index (κ3) is 3.97. The van der Waals surface area contributed by atoms with Crippen molar-refractivity contribution < 1.29 is 14.0 Å². The number of nitrogens with one attached hydrogen (secondary N) is 1. The Hall–Kier alpha value is -4.03. The molecule has 5 nitrogen and oxygen atoms in total. The number of nitrogens with zero attached hydrogens (tertiary/aromatic N) is 1. The van der Waals surface area contributed by atoms with Crippen molar-refractivity contribution in [3.05, 3.63) is 106 Å². The van der Waals surface area contributed by atoms with Gasteiger partial charge in [-0.15, -0.1) is 11.3 Å². The molecule has 0 aliphatic rings. The van der Waals surface area contributed by atoms with Crippen LogP contribution in [0.25, 0.3) is 21.4 Å². The molecular weight excluding hydrogens is 432 g/mol. The SMILES string of the molecule is Cc1ccc(C(=O)c2oc3ccccc3c2NC(=O)c2nc(C)sc2-c2ccccc2)cc1. The van der Waals surface area contributed by atoms with Gasteiger partial charge >= 0.3 is 0 Å². The molecule has 0 fully saturated rings. The molecule has 5 aromatic rings. The van der Waals surface area contributed by atoms with Gasteiger partial charge in [0.1, 0.15) is 11.3 Å². The zero-order valence-corrected chi connectivity index (χ0v) is 18.9. The van der Waals surface area contributed by atoms with E-state index in [2.05, 4.69) is 10.3 Å². The lowest BCUT2D eigenvalue weighted by Crippen LogP contribution is -2.15. The van der Waals surface area contributed by atoms with Crippen molar-refractivity contribution in [1.82, 2.24) is 4.98 Å². The number of hydrogen-bond donors (Lipinski definition) is 1. The molecular formula is C27H20N2O3S. The van der Waals surface area contributed by atoms with Crippen LogP contribution < -0.4 is 5.32 Å². The summed E-state index contributed by atoms with van der Waals surface area (Å²) in [5.74, 6) is -0.580. The van der Waals surface area contributed by atoms with Crippen LogP contribution in [0.3, 0.4) is 0 Å². The first-order valence-corrected chi connectivity index (χ1v) is 11.3. The van der Waals surface area contributed by atoms with Crippen molar-refractivity contribution in [3.63, 3.8) is 0 Å². The molecule has 0 atom stereocenters. The third-order valence-electron chi connectivity index (χ3n) is 5.34. The van der Waals surface area contributed by atoms with Crippen molar-refractivity contribution in [1.29, 1.82) is 0 Å². The first-order valence-electron chi connectivity index (χ1n) is 10.5. The summed E-state index contributed by atoms with van der Waals surface area (Å²) in [6.07, 6.45) is 0. The molecule has 5 rings (SSSR count). The van der Waals surface area contributed by atoms with E-state index in [9.17, 15) is 9.59 Å². The van der Waals surface area contributed by atoms with Gasteiger partial charge in [-0.25, -0.2) is 4.98 Å². The lowest BCUT2D eigenvalue weighted by atomic mass is 10.1. The molecule has 1 amide bonds. The highest BCUT2D eigenvalue weighted by Crippen LogP contribution is 2.35. The fourth-order valence-corrected chi connectivity index (χ4v) is 4.63. The van der Waals surface area contributed by atoms with Crippen LogP contribution >= 0.6 is 11.3 Å². The van der Waals surface area contributed by atoms with E-state index in [1.54, 1.807) is 18.2 Å². The van der Waals surface area contributed by atoms with Gasteiger partial charge in [-0.3, -0.25) is 9.59 Å². The van der Waals surface area contributed by atoms with E-state index >= 15 is 0 Å². The van der Waals surface area contributed by atoms with Crippen LogP contribution in [-0.2, 0) is 0 Å². The Morgan fingerprint density at radius 3 is 2.33 bits per heavy atom. The number of anilines is 1. The van der Waals surface area contributed by atoms with Gasteiger partial charge in [0.2, 0.25) is 5.78 Å². The zero-order chi connectivity index (χ0) is 22.9. The molecule has 3 aromatic carbocycles. The smallest absolute Gasteiger partial charge is 0.275 e. The van der Waals surface area contributed by atoms with E-state index in [1.807, 2.05) is 74.5 Å². The highest BCUT2D eigenvalue weighted by atomic mass is 32.1. The maximum absolute atomic E-state index is 13.4. The van der Waals surface area contributed by atoms with E-state index < -0.39 is 0 Å². The number of para-hydroxylation sites is 1. The number of furan rings is 1. The van der Waals surface area contributed by atoms with Crippen LogP contribution in [0.4, 0.5) is 5.69 Å². The number of carbonyl (C=O) groups is 2. The van der Waals surface area contributed by atoms with E-state index in [0.29, 0.717) is 27.9 Å². The maximum Gasteiger partial charge on any atom is 0.275 e. The van der Waals surface area contributed by atoms with Gasteiger partial charge in [0.05, 0.1) is 15.6 Å². The number of carbonyl (C=O) groups excluding carboxylic acids is 2. The molecule has 162 valence electrons. The van der Waals surface area contributed by atoms with Crippen molar-refractivity contribution in [2.24, 2.45) is 0 Å². The molecule has 6 heteroatoms. The Kier molecular flexibility index (Phi) is 5.36. The van der Waals surface area contributed by atoms with E-state index in [1.165, 1.54) is 11.3 Å². The first-order chi connectivity index (χ1) is 16.0. The summed E-state index contributed by atoms with van der Waals surface area (Å²) in [5, 5.41) is 4.37. The van der Waals surface area contributed by atoms with Crippen LogP contribution in [0.2, 0.25) is 0 Å². The molecule has 0 saturated heterocycles. The second-order valence-corrected chi connectivity index (χ2v) is 8.93. The predicted molar refractivity (Wildman–Crippen MR) is 131 cm³/mol. The average molecular weight is 453 g/mol. The number of amides is 1. The van der Waals surface area contributed by atoms with Crippen LogP contribution in [-0.4, -0.2) is 16.7 Å². The lowest BCUT2D eigenvalue weighted by molar-refractivity contribution is 0.101. The summed E-state index contributed by atoms with van der Waals surface area (Å²) in [6.45, 7) is 3.83. The summed E-state index contributed by atoms with van der Waals surface area (Å²) in [7, 11) is 0. The van der Waals surface area contributed by atoms with Crippen LogP contribution in [0.1, 0.15) is 37.2 Å². The first kappa shape index (κ1) is 20.8. The van der Waals surface area contributed by atoms with Crippen molar-refractivity contribution in [2.75, 3.05) is 5.32 Å². The monoisotopic (exact) mass is 452 g/mol. The largest absolute Gasteiger partial charge is 0.450 e. The predicted octanol–water partition coefficient (Wildman–Crippen LogP) is 6.66. The highest BCUT2D eigenvalue weighted by Gasteiger charge is 2.26. The molecule has 33 heavy (non-hydrogen) atoms. The summed E-state index contributed by atoms with van der Waals surface area (Å²) >= 11 is 1.46. The normalized spacial score (nSPS) is 11.0. The topological polar surface area (TPSA) is 72.2 Å². The Bertz CT molecular complexity index is 1480. The maximum atomic E-state index is 13.4. The Labute approximate surface area is 194 Å². The lowest BCUT2D eigenvalue weighted by Gasteiger charge is -2.07. The van der Waals surface area contributed by atoms with Crippen LogP contribution in [0, 0.1) is 13.8 Å². The molecule has 0 aliphatic carbocycles. The number of hydrogen-bond acceptors (Lipinski definition) is 5. The van der Waals surface area contributed by atoms with E-state index in [-0.39, 0.29) is 17.5 Å². The number of rotatable bonds is 5. The summed E-state index contributed by atoms with van der Waals surface area (Å²) in [4.78, 5) is 32.0. The quantitative estimate of drug-likeness (QED) is 0.303. The Morgan fingerprint density at radius 1 is 0.879 bits per heavy atom. The second kappa shape index (κ2) is 8.48. The van der Waals surface area contributed by atoms with Gasteiger partial charge in [-0.05, 0) is 31.5 Å². The fourth-order valence-electron chi connectivity index (χ4n) is 3.70. The number of aryl methyl sites for hydroxylation is 2. The third-order valence-corrected chi connectivity index (χ3v) is 6.36. The molecule has 1 N–H and O–H groups in total. The molecule has 0 unspecified atom stereocenters. The van der Waals surface area contributed by atoms with Crippen molar-refractivity contribution in [2.45, 2.75) is 13.8 Å². The molecule has 2 aromatic heterocycles. The Morgan fingerprint density at radius 2 is 1.58 bits per heavy atom. The molecule has 0 aliphatic heterocycles. The minimum Gasteiger partial charge on any atom is -0.450 e. The number of aromatic nitrogens is 1. The van der Waals surface area contributed by atoms with Gasteiger partial charge in [-0.2, -0.15) is 0 Å². The minimum atomic E-state index is -0.386. The Balaban J connectivity index is 1.57. The summed E-state index contributed by atoms with van der Waals surface area (Å²) in [6, 6.07) is 24.2. The number of thiazole rings is 1. The van der Waals surface area contributed by atoms with Crippen LogP contribution in [0.15, 0.2) is 83.3 Å². The van der Waals surface area contributed by atoms with Gasteiger partial charge in [0.15, 0.2) is 5.76 Å². The standard InChI is InChI=1S/C27H20N2O3S/c1-16-12-14-18(15-13-16)24(30)25-22(20-10-6-7-11-21(20)32-25)29-27(31)23-26(33-17(2)28-23)19-8-4-3-5-9-19/h3-15H,1-2H3,(H,29,31). The van der Waals surface area contributed by atoms with Gasteiger partial charge in [-0.1, -0.05) is 72.3 Å². The fraction of sp³-hybridized carbons (Fsp3) is 0.0741. The van der Waals surface area contributed by atoms with Crippen LogP contribution in [0.5, 0.6) is 0 Å². The van der Waals surface area contributed by atoms with Crippen molar-refractivity contribution in [3.8, 4) is 10.4 Å². The molecule has 2 heterocycles. The van der Waals surface area contributed by atoms with Gasteiger partial charge < -0.3 is 9.73 Å². The summed E-state index contributed by atoms with van der Waals surface area (Å²) in [5.41, 5.74) is 3.66. The van der Waals surface area contributed by atoms with Gasteiger partial charge in [0, 0.05) is 10.9 Å². The second-order valence-electron chi connectivity index (χ2n) is 7.73. The van der Waals surface area contributed by atoms with E-state index in [0.717, 1.165) is 21.0 Å². The molecule has 0 bridgehead atoms. The highest BCUT2D eigenvalue weighted by molar-refractivity contribution is 7.15. The zero-order valence-electron chi connectivity index (χ0n) is 18.1. The van der Waals surface area contributed by atoms with Gasteiger partial charge in [0.25, 0.3) is 5.91 Å². The molecule has 0 spiro atoms. The number of benzene rings is 3. The molecule has 0 saturated carbocycles. The minimum absolute atomic E-state index is 0.0987. The molecule has 0 radical (unpaired) electrons. The number of fused-ring (bicyclic) bond motifs is 1.